The van der Waals surface area contributed by atoms with Crippen LogP contribution in [0.3, 0.4) is 0 Å². The van der Waals surface area contributed by atoms with Gasteiger partial charge in [-0.3, -0.25) is 0 Å². The van der Waals surface area contributed by atoms with Crippen molar-refractivity contribution in [3.05, 3.63) is 0 Å². The molecule has 98 valence electrons. The van der Waals surface area contributed by atoms with Crippen LogP contribution in [-0.2, 0) is 0 Å². The van der Waals surface area contributed by atoms with Gasteiger partial charge in [0.15, 0.2) is 0 Å². The van der Waals surface area contributed by atoms with Crippen LogP contribution in [0.1, 0.15) is 25.7 Å². The third-order valence-electron chi connectivity index (χ3n) is 2.97. The molecule has 0 fully saturated rings. The van der Waals surface area contributed by atoms with Crippen molar-refractivity contribution >= 4 is 50.5 Å². The lowest BCUT2D eigenvalue weighted by atomic mass is 9.75. The van der Waals surface area contributed by atoms with E-state index in [1.165, 1.54) is 0 Å². The molecule has 0 spiro atoms. The molecule has 0 amide bonds. The van der Waals surface area contributed by atoms with E-state index in [-0.39, 0.29) is 0 Å². The molecule has 0 aliphatic heterocycles. The molecule has 0 saturated heterocycles. The van der Waals surface area contributed by atoms with Crippen molar-refractivity contribution in [1.82, 2.24) is 0 Å². The maximum Gasteiger partial charge on any atom is 0.0949 e. The molecular formula is C10H22O2S4. The summed E-state index contributed by atoms with van der Waals surface area (Å²) in [5, 5.41) is 21.2. The molecule has 0 aliphatic rings. The van der Waals surface area contributed by atoms with Gasteiger partial charge < -0.3 is 10.2 Å². The number of rotatable bonds is 9. The predicted octanol–water partition coefficient (Wildman–Crippen LogP) is 1.73. The fourth-order valence-electron chi connectivity index (χ4n) is 1.92. The summed E-state index contributed by atoms with van der Waals surface area (Å²) in [4.78, 5) is 0. The van der Waals surface area contributed by atoms with E-state index in [9.17, 15) is 10.2 Å². The van der Waals surface area contributed by atoms with Crippen LogP contribution in [0.25, 0.3) is 0 Å². The molecule has 0 aromatic carbocycles. The lowest BCUT2D eigenvalue weighted by molar-refractivity contribution is -0.156. The van der Waals surface area contributed by atoms with Crippen molar-refractivity contribution in [1.29, 1.82) is 0 Å². The van der Waals surface area contributed by atoms with Crippen LogP contribution in [-0.4, -0.2) is 44.4 Å². The molecule has 0 saturated carbocycles. The number of thiol groups is 4. The summed E-state index contributed by atoms with van der Waals surface area (Å²) in [7, 11) is 0. The Bertz CT molecular complexity index is 158. The summed E-state index contributed by atoms with van der Waals surface area (Å²) in [6.07, 6.45) is 1.81. The molecule has 0 atom stereocenters. The van der Waals surface area contributed by atoms with Gasteiger partial charge in [0.05, 0.1) is 11.2 Å². The van der Waals surface area contributed by atoms with Gasteiger partial charge >= 0.3 is 0 Å². The largest absolute Gasteiger partial charge is 0.387 e. The van der Waals surface area contributed by atoms with E-state index in [1.807, 2.05) is 0 Å². The molecular weight excluding hydrogens is 280 g/mol. The zero-order valence-corrected chi connectivity index (χ0v) is 12.9. The molecule has 0 aromatic heterocycles. The van der Waals surface area contributed by atoms with E-state index in [1.54, 1.807) is 0 Å². The van der Waals surface area contributed by atoms with Gasteiger partial charge in [-0.25, -0.2) is 0 Å². The zero-order valence-electron chi connectivity index (χ0n) is 9.34. The van der Waals surface area contributed by atoms with E-state index >= 15 is 0 Å². The minimum Gasteiger partial charge on any atom is -0.387 e. The van der Waals surface area contributed by atoms with Crippen molar-refractivity contribution in [2.45, 2.75) is 36.9 Å². The molecule has 0 unspecified atom stereocenters. The van der Waals surface area contributed by atoms with Crippen molar-refractivity contribution in [2.75, 3.05) is 23.0 Å². The third kappa shape index (κ3) is 4.53. The van der Waals surface area contributed by atoms with Crippen molar-refractivity contribution in [2.24, 2.45) is 0 Å². The first kappa shape index (κ1) is 17.3. The summed E-state index contributed by atoms with van der Waals surface area (Å²) in [6, 6.07) is 0. The minimum absolute atomic E-state index is 0.453. The quantitative estimate of drug-likeness (QED) is 0.367. The van der Waals surface area contributed by atoms with E-state index in [0.717, 1.165) is 0 Å². The summed E-state index contributed by atoms with van der Waals surface area (Å²) in [5.74, 6) is 2.13. The highest BCUT2D eigenvalue weighted by atomic mass is 32.1. The number of hydrogen-bond acceptors (Lipinski definition) is 6. The van der Waals surface area contributed by atoms with Gasteiger partial charge in [0.25, 0.3) is 0 Å². The second-order valence-corrected chi connectivity index (χ2v) is 5.75. The normalized spacial score (nSPS) is 13.1. The van der Waals surface area contributed by atoms with E-state index in [0.29, 0.717) is 48.7 Å². The molecule has 0 heterocycles. The first-order valence-electron chi connectivity index (χ1n) is 5.38. The van der Waals surface area contributed by atoms with Crippen LogP contribution in [0.15, 0.2) is 0 Å². The van der Waals surface area contributed by atoms with Gasteiger partial charge in [0, 0.05) is 0 Å². The van der Waals surface area contributed by atoms with Gasteiger partial charge in [-0.2, -0.15) is 50.5 Å². The van der Waals surface area contributed by atoms with Crippen LogP contribution >= 0.6 is 50.5 Å². The molecule has 16 heavy (non-hydrogen) atoms. The van der Waals surface area contributed by atoms with E-state index in [2.05, 4.69) is 50.5 Å². The third-order valence-corrected chi connectivity index (χ3v) is 3.86. The van der Waals surface area contributed by atoms with Crippen LogP contribution in [0.5, 0.6) is 0 Å². The molecule has 0 rings (SSSR count). The van der Waals surface area contributed by atoms with Crippen LogP contribution < -0.4 is 0 Å². The SMILES string of the molecule is OC(CCS)(CCS)C(O)(CCS)CCS. The Balaban J connectivity index is 4.90. The van der Waals surface area contributed by atoms with Gasteiger partial charge in [0.2, 0.25) is 0 Å². The lowest BCUT2D eigenvalue weighted by Crippen LogP contribution is -2.55. The Morgan fingerprint density at radius 1 is 0.562 bits per heavy atom. The van der Waals surface area contributed by atoms with E-state index < -0.39 is 11.2 Å². The van der Waals surface area contributed by atoms with Gasteiger partial charge in [-0.15, -0.1) is 0 Å². The molecule has 0 radical (unpaired) electrons. The standard InChI is InChI=1S/C10H22O2S4/c11-9(1-5-13,2-6-14)10(12,3-7-15)4-8-16/h11-16H,1-8H2. The second-order valence-electron chi connectivity index (χ2n) is 3.96. The van der Waals surface area contributed by atoms with E-state index in [4.69, 9.17) is 0 Å². The Kier molecular flexibility index (Phi) is 9.12. The summed E-state index contributed by atoms with van der Waals surface area (Å²) in [5.41, 5.74) is -2.27. The van der Waals surface area contributed by atoms with Crippen molar-refractivity contribution in [3.8, 4) is 0 Å². The van der Waals surface area contributed by atoms with Gasteiger partial charge in [0.1, 0.15) is 0 Å². The molecule has 0 aliphatic carbocycles. The Morgan fingerprint density at radius 3 is 0.875 bits per heavy atom. The van der Waals surface area contributed by atoms with Crippen molar-refractivity contribution in [3.63, 3.8) is 0 Å². The van der Waals surface area contributed by atoms with Crippen molar-refractivity contribution < 1.29 is 10.2 Å². The van der Waals surface area contributed by atoms with Gasteiger partial charge in [-0.05, 0) is 48.7 Å². The first-order valence-corrected chi connectivity index (χ1v) is 7.91. The smallest absolute Gasteiger partial charge is 0.0949 e. The lowest BCUT2D eigenvalue weighted by Gasteiger charge is -2.43. The fourth-order valence-corrected chi connectivity index (χ4v) is 3.40. The summed E-state index contributed by atoms with van der Waals surface area (Å²) >= 11 is 16.6. The number of hydrogen-bond donors (Lipinski definition) is 6. The fraction of sp³-hybridized carbons (Fsp3) is 1.00. The Morgan fingerprint density at radius 2 is 0.750 bits per heavy atom. The van der Waals surface area contributed by atoms with Crippen LogP contribution in [0.2, 0.25) is 0 Å². The summed E-state index contributed by atoms with van der Waals surface area (Å²) in [6.45, 7) is 0. The average molecular weight is 303 g/mol. The molecule has 2 N–H and O–H groups in total. The Labute approximate surface area is 120 Å². The maximum absolute atomic E-state index is 10.6. The first-order chi connectivity index (χ1) is 7.49. The Hall–Kier alpha value is 1.32. The van der Waals surface area contributed by atoms with Crippen LogP contribution in [0, 0.1) is 0 Å². The van der Waals surface area contributed by atoms with Gasteiger partial charge in [-0.1, -0.05) is 0 Å². The molecule has 2 nitrogen and oxygen atoms in total. The second kappa shape index (κ2) is 8.43. The minimum atomic E-state index is -1.14. The molecule has 6 heteroatoms. The highest BCUT2D eigenvalue weighted by molar-refractivity contribution is 7.80. The highest BCUT2D eigenvalue weighted by Gasteiger charge is 2.46. The topological polar surface area (TPSA) is 40.5 Å². The highest BCUT2D eigenvalue weighted by Crippen LogP contribution is 2.36. The predicted molar refractivity (Wildman–Crippen MR) is 83.8 cm³/mol. The van der Waals surface area contributed by atoms with Crippen LogP contribution in [0.4, 0.5) is 0 Å². The number of aliphatic hydroxyl groups is 2. The average Bonchev–Trinajstić information content (AvgIpc) is 2.19. The molecule has 0 bridgehead atoms. The summed E-state index contributed by atoms with van der Waals surface area (Å²) < 4.78 is 0. The monoisotopic (exact) mass is 302 g/mol. The molecule has 0 aromatic rings. The zero-order chi connectivity index (χ0) is 12.7. The maximum atomic E-state index is 10.6.